The van der Waals surface area contributed by atoms with Gasteiger partial charge in [-0.25, -0.2) is 0 Å². The van der Waals surface area contributed by atoms with Gasteiger partial charge in [0.2, 0.25) is 0 Å². The van der Waals surface area contributed by atoms with E-state index in [-0.39, 0.29) is 18.2 Å². The van der Waals surface area contributed by atoms with Crippen LogP contribution in [-0.4, -0.2) is 88.6 Å². The van der Waals surface area contributed by atoms with Crippen LogP contribution < -0.4 is 10.1 Å². The number of ether oxygens (including phenoxy) is 3. The van der Waals surface area contributed by atoms with E-state index in [9.17, 15) is 0 Å². The Kier molecular flexibility index (Phi) is 8.15. The number of morpholine rings is 1. The van der Waals surface area contributed by atoms with E-state index in [1.165, 1.54) is 0 Å². The fourth-order valence-corrected chi connectivity index (χ4v) is 4.07. The lowest BCUT2D eigenvalue weighted by Crippen LogP contribution is -2.53. The van der Waals surface area contributed by atoms with Gasteiger partial charge in [-0.15, -0.1) is 0 Å². The smallest absolute Gasteiger partial charge is 0.194 e. The molecule has 2 fully saturated rings. The predicted molar refractivity (Wildman–Crippen MR) is 116 cm³/mol. The average Bonchev–Trinajstić information content (AvgIpc) is 3.28. The molecule has 0 bridgehead atoms. The molecule has 1 N–H and O–H groups in total. The Balaban J connectivity index is 1.74. The van der Waals surface area contributed by atoms with E-state index >= 15 is 0 Å². The number of hydrogen-bond donors (Lipinski definition) is 1. The molecule has 0 aliphatic carbocycles. The standard InChI is InChI=1S/C22H36N4O3/c1-5-23-22(26-12-14-29-21(16-26)20-11-8-13-28-20)24-15-18(25(2)3)17-9-6-7-10-19(17)27-4/h6-7,9-10,18,20-21H,5,8,11-16H2,1-4H3,(H,23,24). The van der Waals surface area contributed by atoms with Gasteiger partial charge in [-0.3, -0.25) is 4.99 Å². The summed E-state index contributed by atoms with van der Waals surface area (Å²) < 4.78 is 17.5. The summed E-state index contributed by atoms with van der Waals surface area (Å²) in [6.45, 7) is 6.81. The molecule has 0 saturated carbocycles. The fraction of sp³-hybridized carbons (Fsp3) is 0.682. The van der Waals surface area contributed by atoms with Crippen molar-refractivity contribution in [3.63, 3.8) is 0 Å². The fourth-order valence-electron chi connectivity index (χ4n) is 4.07. The van der Waals surface area contributed by atoms with Gasteiger partial charge in [-0.1, -0.05) is 18.2 Å². The van der Waals surface area contributed by atoms with Crippen molar-refractivity contribution in [3.05, 3.63) is 29.8 Å². The highest BCUT2D eigenvalue weighted by atomic mass is 16.5. The number of benzene rings is 1. The summed E-state index contributed by atoms with van der Waals surface area (Å²) in [6.07, 6.45) is 2.54. The van der Waals surface area contributed by atoms with E-state index in [4.69, 9.17) is 19.2 Å². The first-order valence-electron chi connectivity index (χ1n) is 10.7. The Morgan fingerprint density at radius 3 is 2.76 bits per heavy atom. The van der Waals surface area contributed by atoms with E-state index in [0.29, 0.717) is 13.2 Å². The molecule has 1 aromatic rings. The summed E-state index contributed by atoms with van der Waals surface area (Å²) in [4.78, 5) is 9.52. The first-order chi connectivity index (χ1) is 14.1. The second-order valence-corrected chi connectivity index (χ2v) is 7.82. The molecule has 0 amide bonds. The second-order valence-electron chi connectivity index (χ2n) is 7.82. The van der Waals surface area contributed by atoms with Crippen molar-refractivity contribution in [2.75, 3.05) is 60.6 Å². The number of hydrogen-bond acceptors (Lipinski definition) is 5. The van der Waals surface area contributed by atoms with Crippen molar-refractivity contribution in [3.8, 4) is 5.75 Å². The van der Waals surface area contributed by atoms with Crippen molar-refractivity contribution < 1.29 is 14.2 Å². The van der Waals surface area contributed by atoms with Crippen LogP contribution in [0.1, 0.15) is 31.4 Å². The molecule has 7 heteroatoms. The summed E-state index contributed by atoms with van der Waals surface area (Å²) in [7, 11) is 5.89. The molecule has 2 aliphatic heterocycles. The molecular weight excluding hydrogens is 368 g/mol. The Bertz CT molecular complexity index is 661. The summed E-state index contributed by atoms with van der Waals surface area (Å²) >= 11 is 0. The molecule has 2 aliphatic rings. The Morgan fingerprint density at radius 2 is 2.07 bits per heavy atom. The lowest BCUT2D eigenvalue weighted by molar-refractivity contribution is -0.0817. The zero-order chi connectivity index (χ0) is 20.6. The van der Waals surface area contributed by atoms with Crippen LogP contribution in [0.4, 0.5) is 0 Å². The first-order valence-corrected chi connectivity index (χ1v) is 10.7. The molecule has 0 aromatic heterocycles. The number of para-hydroxylation sites is 1. The van der Waals surface area contributed by atoms with Crippen LogP contribution in [0.15, 0.2) is 29.3 Å². The van der Waals surface area contributed by atoms with Crippen LogP contribution in [0.25, 0.3) is 0 Å². The lowest BCUT2D eigenvalue weighted by Gasteiger charge is -2.37. The highest BCUT2D eigenvalue weighted by molar-refractivity contribution is 5.80. The average molecular weight is 405 g/mol. The largest absolute Gasteiger partial charge is 0.496 e. The zero-order valence-corrected chi connectivity index (χ0v) is 18.3. The van der Waals surface area contributed by atoms with E-state index in [0.717, 1.165) is 56.4 Å². The normalized spacial score (nSPS) is 24.0. The molecule has 7 nitrogen and oxygen atoms in total. The number of guanidine groups is 1. The third kappa shape index (κ3) is 5.62. The van der Waals surface area contributed by atoms with Gasteiger partial charge in [-0.05, 0) is 39.9 Å². The van der Waals surface area contributed by atoms with Gasteiger partial charge in [0.25, 0.3) is 0 Å². The molecule has 3 atom stereocenters. The summed E-state index contributed by atoms with van der Waals surface area (Å²) in [6, 6.07) is 8.32. The molecule has 162 valence electrons. The van der Waals surface area contributed by atoms with E-state index in [1.807, 2.05) is 12.1 Å². The molecule has 0 radical (unpaired) electrons. The highest BCUT2D eigenvalue weighted by Crippen LogP contribution is 2.28. The number of aliphatic imine (C=N–C) groups is 1. The third-order valence-corrected chi connectivity index (χ3v) is 5.64. The molecular formula is C22H36N4O3. The second kappa shape index (κ2) is 10.8. The number of methoxy groups -OCH3 is 1. The van der Waals surface area contributed by atoms with Crippen LogP contribution in [-0.2, 0) is 9.47 Å². The maximum Gasteiger partial charge on any atom is 0.194 e. The van der Waals surface area contributed by atoms with Crippen molar-refractivity contribution in [1.29, 1.82) is 0 Å². The molecule has 0 spiro atoms. The van der Waals surface area contributed by atoms with E-state index in [1.54, 1.807) is 7.11 Å². The quantitative estimate of drug-likeness (QED) is 0.555. The van der Waals surface area contributed by atoms with Crippen molar-refractivity contribution in [1.82, 2.24) is 15.1 Å². The molecule has 2 heterocycles. The van der Waals surface area contributed by atoms with E-state index < -0.39 is 0 Å². The Morgan fingerprint density at radius 1 is 1.28 bits per heavy atom. The van der Waals surface area contributed by atoms with Gasteiger partial charge in [0, 0.05) is 31.8 Å². The molecule has 3 unspecified atom stereocenters. The van der Waals surface area contributed by atoms with Crippen molar-refractivity contribution in [2.24, 2.45) is 4.99 Å². The zero-order valence-electron chi connectivity index (χ0n) is 18.3. The van der Waals surface area contributed by atoms with Gasteiger partial charge in [-0.2, -0.15) is 0 Å². The third-order valence-electron chi connectivity index (χ3n) is 5.64. The molecule has 2 saturated heterocycles. The summed E-state index contributed by atoms with van der Waals surface area (Å²) in [5.74, 6) is 1.84. The van der Waals surface area contributed by atoms with Crippen LogP contribution in [0.2, 0.25) is 0 Å². The monoisotopic (exact) mass is 404 g/mol. The number of nitrogens with zero attached hydrogens (tertiary/aromatic N) is 3. The number of likely N-dealkylation sites (N-methyl/N-ethyl adjacent to an activating group) is 1. The van der Waals surface area contributed by atoms with Crippen LogP contribution >= 0.6 is 0 Å². The Hall–Kier alpha value is -1.83. The predicted octanol–water partition coefficient (Wildman–Crippen LogP) is 2.14. The maximum absolute atomic E-state index is 6.01. The highest BCUT2D eigenvalue weighted by Gasteiger charge is 2.32. The summed E-state index contributed by atoms with van der Waals surface area (Å²) in [5, 5.41) is 3.47. The molecule has 1 aromatic carbocycles. The number of nitrogens with one attached hydrogen (secondary N) is 1. The van der Waals surface area contributed by atoms with Gasteiger partial charge in [0.05, 0.1) is 32.4 Å². The molecule has 29 heavy (non-hydrogen) atoms. The van der Waals surface area contributed by atoms with Gasteiger partial charge in [0.15, 0.2) is 5.96 Å². The van der Waals surface area contributed by atoms with Crippen LogP contribution in [0, 0.1) is 0 Å². The lowest BCUT2D eigenvalue weighted by atomic mass is 10.0. The first kappa shape index (κ1) is 21.9. The van der Waals surface area contributed by atoms with Crippen LogP contribution in [0.5, 0.6) is 5.75 Å². The topological polar surface area (TPSA) is 58.6 Å². The van der Waals surface area contributed by atoms with Crippen molar-refractivity contribution >= 4 is 5.96 Å². The minimum Gasteiger partial charge on any atom is -0.496 e. The minimum atomic E-state index is 0.119. The Labute approximate surface area is 175 Å². The molecule has 3 rings (SSSR count). The van der Waals surface area contributed by atoms with Gasteiger partial charge >= 0.3 is 0 Å². The van der Waals surface area contributed by atoms with Gasteiger partial charge in [0.1, 0.15) is 11.9 Å². The van der Waals surface area contributed by atoms with Crippen molar-refractivity contribution in [2.45, 2.75) is 38.0 Å². The SMILES string of the molecule is CCNC(=NCC(c1ccccc1OC)N(C)C)N1CCOC(C2CCCO2)C1. The number of rotatable bonds is 7. The minimum absolute atomic E-state index is 0.119. The van der Waals surface area contributed by atoms with E-state index in [2.05, 4.69) is 48.3 Å². The van der Waals surface area contributed by atoms with Crippen LogP contribution in [0.3, 0.4) is 0 Å². The van der Waals surface area contributed by atoms with Gasteiger partial charge < -0.3 is 29.3 Å². The maximum atomic E-state index is 6.01. The summed E-state index contributed by atoms with van der Waals surface area (Å²) in [5.41, 5.74) is 1.15.